The van der Waals surface area contributed by atoms with Crippen molar-refractivity contribution in [3.63, 3.8) is 0 Å². The number of hydrogen-bond acceptors (Lipinski definition) is 4. The van der Waals surface area contributed by atoms with Gasteiger partial charge in [0.25, 0.3) is 0 Å². The molecule has 4 nitrogen and oxygen atoms in total. The van der Waals surface area contributed by atoms with E-state index in [1.165, 1.54) is 30.5 Å². The van der Waals surface area contributed by atoms with E-state index in [4.69, 9.17) is 20.9 Å². The molecule has 0 aliphatic carbocycles. The van der Waals surface area contributed by atoms with E-state index in [9.17, 15) is 0 Å². The summed E-state index contributed by atoms with van der Waals surface area (Å²) in [6, 6.07) is 38.5. The van der Waals surface area contributed by atoms with E-state index < -0.39 is 38.2 Å². The van der Waals surface area contributed by atoms with Gasteiger partial charge in [0, 0.05) is 60.0 Å². The van der Waals surface area contributed by atoms with Gasteiger partial charge in [-0.25, -0.2) is 4.98 Å². The van der Waals surface area contributed by atoms with Crippen LogP contribution in [-0.4, -0.2) is 15.0 Å². The molecule has 273 valence electrons. The summed E-state index contributed by atoms with van der Waals surface area (Å²) in [5.74, 6) is 0. The fourth-order valence-electron chi connectivity index (χ4n) is 5.79. The third kappa shape index (κ3) is 9.28. The average Bonchev–Trinajstić information content (AvgIpc) is 3.64. The maximum atomic E-state index is 8.72. The number of rotatable bonds is 7. The van der Waals surface area contributed by atoms with Gasteiger partial charge in [0.05, 0.1) is 5.58 Å². The molecule has 0 saturated carbocycles. The van der Waals surface area contributed by atoms with E-state index in [0.29, 0.717) is 50.0 Å². The van der Waals surface area contributed by atoms with Crippen LogP contribution in [0.3, 0.4) is 0 Å². The second-order valence-corrected chi connectivity index (χ2v) is 13.6. The van der Waals surface area contributed by atoms with Crippen molar-refractivity contribution in [1.29, 1.82) is 0 Å². The fraction of sp³-hybridized carbons (Fsp3) is 0.204. The van der Waals surface area contributed by atoms with Crippen molar-refractivity contribution in [2.24, 2.45) is 5.41 Å². The first-order chi connectivity index (χ1) is 30.3. The molecule has 5 heteroatoms. The van der Waals surface area contributed by atoms with E-state index in [1.807, 2.05) is 58.0 Å². The zero-order valence-electron chi connectivity index (χ0n) is 42.2. The van der Waals surface area contributed by atoms with E-state index >= 15 is 0 Å². The largest absolute Gasteiger partial charge is 0.486 e. The van der Waals surface area contributed by atoms with E-state index in [1.54, 1.807) is 66.9 Å². The van der Waals surface area contributed by atoms with Crippen LogP contribution in [0, 0.1) is 38.2 Å². The van der Waals surface area contributed by atoms with Crippen molar-refractivity contribution in [3.8, 4) is 33.6 Å². The van der Waals surface area contributed by atoms with Crippen molar-refractivity contribution in [1.82, 2.24) is 15.0 Å². The number of benzene rings is 4. The third-order valence-electron chi connectivity index (χ3n) is 8.31. The SMILES string of the molecule is [2H]C([2H])([2H])c1c[c-]c(-c2ccc(C([2H])([2H])C(C)(C)C)cn2)cc1-c1ccccc1.[2H]C([2H])([2H])c1ccc2c(n1)oc1c(-c3cc(C([2H])([2H])C([2H])([2H])c4ccc(C)cc4)ccn3)[c-]ccc12.[Ir]. The number of fused-ring (bicyclic) bond motifs is 3. The standard InChI is InChI=1S/C26H21N2O.C23H24N.Ir/c1-17-6-9-19(10-7-17)11-12-20-14-15-27-24(16-20)23-5-3-4-21-22-13-8-18(2)28-26(22)29-25(21)23;1-17-10-12-20(14-21(17)19-8-6-5-7-9-19)22-13-11-18(16-24-22)15-23(2,3)4;/h3-4,6-10,13-16H,11-12H2,1-2H3;5-11,13-14,16H,15H2,1-4H3;/q2*-1;/i2D3,11D2,12D2;1D3,15D2;. The molecule has 4 heterocycles. The van der Waals surface area contributed by atoms with Crippen molar-refractivity contribution in [3.05, 3.63) is 173 Å². The summed E-state index contributed by atoms with van der Waals surface area (Å²) < 4.78 is 104. The maximum Gasteiger partial charge on any atom is 0.216 e. The maximum absolute atomic E-state index is 8.72. The van der Waals surface area contributed by atoms with Crippen LogP contribution < -0.4 is 0 Å². The molecule has 1 radical (unpaired) electrons. The number of hydrogen-bond donors (Lipinski definition) is 0. The van der Waals surface area contributed by atoms with Crippen molar-refractivity contribution in [2.75, 3.05) is 0 Å². The van der Waals surface area contributed by atoms with E-state index in [0.717, 1.165) is 11.1 Å². The molecule has 0 amide bonds. The Morgan fingerprint density at radius 3 is 2.30 bits per heavy atom. The first-order valence-corrected chi connectivity index (χ1v) is 17.2. The minimum absolute atomic E-state index is 0. The molecule has 0 fully saturated rings. The van der Waals surface area contributed by atoms with Crippen LogP contribution in [0.25, 0.3) is 55.7 Å². The normalized spacial score (nSPS) is 15.8. The van der Waals surface area contributed by atoms with Crippen molar-refractivity contribution >= 4 is 22.1 Å². The summed E-state index contributed by atoms with van der Waals surface area (Å²) in [4.78, 5) is 13.0. The average molecular weight is 896 g/mol. The molecule has 0 bridgehead atoms. The zero-order chi connectivity index (χ0) is 47.3. The molecule has 0 aliphatic rings. The molecule has 8 rings (SSSR count). The fourth-order valence-corrected chi connectivity index (χ4v) is 5.79. The monoisotopic (exact) mass is 896 g/mol. The smallest absolute Gasteiger partial charge is 0.216 e. The predicted molar refractivity (Wildman–Crippen MR) is 219 cm³/mol. The second-order valence-electron chi connectivity index (χ2n) is 13.6. The molecule has 0 saturated heterocycles. The number of pyridine rings is 3. The predicted octanol–water partition coefficient (Wildman–Crippen LogP) is 12.4. The Balaban J connectivity index is 0.000000220. The molecular weight excluding hydrogens is 839 g/mol. The van der Waals surface area contributed by atoms with E-state index in [-0.39, 0.29) is 48.2 Å². The molecular formula is C49H45IrN3O-2. The molecule has 0 spiro atoms. The zero-order valence-corrected chi connectivity index (χ0v) is 32.6. The van der Waals surface area contributed by atoms with Gasteiger partial charge in [-0.2, -0.15) is 0 Å². The first kappa shape index (κ1) is 25.7. The Morgan fingerprint density at radius 1 is 0.759 bits per heavy atom. The first-order valence-electron chi connectivity index (χ1n) is 23.2. The number of aryl methyl sites for hydroxylation is 5. The summed E-state index contributed by atoms with van der Waals surface area (Å²) in [6.07, 6.45) is -3.24. The summed E-state index contributed by atoms with van der Waals surface area (Å²) in [5.41, 5.74) is 5.47. The van der Waals surface area contributed by atoms with Crippen LogP contribution in [-0.2, 0) is 39.2 Å². The Morgan fingerprint density at radius 2 is 1.56 bits per heavy atom. The van der Waals surface area contributed by atoms with Gasteiger partial charge in [-0.05, 0) is 84.6 Å². The number of nitrogens with zero attached hydrogens (tertiary/aromatic N) is 3. The van der Waals surface area contributed by atoms with Gasteiger partial charge in [0.15, 0.2) is 0 Å². The summed E-state index contributed by atoms with van der Waals surface area (Å²) in [7, 11) is 0. The topological polar surface area (TPSA) is 51.8 Å². The third-order valence-corrected chi connectivity index (χ3v) is 8.31. The molecule has 4 aromatic carbocycles. The molecule has 0 unspecified atom stereocenters. The summed E-state index contributed by atoms with van der Waals surface area (Å²) in [6.45, 7) is 2.83. The van der Waals surface area contributed by atoms with Gasteiger partial charge in [0.2, 0.25) is 5.71 Å². The molecule has 54 heavy (non-hydrogen) atoms. The quantitative estimate of drug-likeness (QED) is 0.150. The Hall–Kier alpha value is -5.22. The summed E-state index contributed by atoms with van der Waals surface area (Å²) in [5, 5.41) is 1.32. The number of furan rings is 1. The molecule has 8 aromatic rings. The number of aromatic nitrogens is 3. The van der Waals surface area contributed by atoms with Crippen LogP contribution in [0.15, 0.2) is 132 Å². The van der Waals surface area contributed by atoms with Crippen LogP contribution in [0.2, 0.25) is 0 Å². The van der Waals surface area contributed by atoms with Crippen LogP contribution in [0.5, 0.6) is 0 Å². The van der Waals surface area contributed by atoms with Gasteiger partial charge in [-0.3, -0.25) is 0 Å². The van der Waals surface area contributed by atoms with Gasteiger partial charge < -0.3 is 14.4 Å². The minimum atomic E-state index is -2.38. The van der Waals surface area contributed by atoms with Gasteiger partial charge in [0.1, 0.15) is 0 Å². The van der Waals surface area contributed by atoms with Gasteiger partial charge in [-0.1, -0.05) is 128 Å². The Bertz CT molecular complexity index is 2980. The van der Waals surface area contributed by atoms with E-state index in [2.05, 4.69) is 27.1 Å². The molecule has 4 aromatic heterocycles. The van der Waals surface area contributed by atoms with Crippen LogP contribution in [0.1, 0.15) is 70.7 Å². The Kier molecular flexibility index (Phi) is 8.03. The van der Waals surface area contributed by atoms with Crippen molar-refractivity contribution < 1.29 is 41.0 Å². The van der Waals surface area contributed by atoms with Crippen LogP contribution >= 0.6 is 0 Å². The van der Waals surface area contributed by atoms with Crippen molar-refractivity contribution in [2.45, 2.75) is 60.5 Å². The summed E-state index contributed by atoms with van der Waals surface area (Å²) >= 11 is 0. The minimum Gasteiger partial charge on any atom is -0.486 e. The Labute approximate surface area is 350 Å². The second kappa shape index (κ2) is 16.8. The molecule has 0 atom stereocenters. The van der Waals surface area contributed by atoms with Gasteiger partial charge in [-0.15, -0.1) is 47.5 Å². The molecule has 0 aliphatic heterocycles. The molecule has 0 N–H and O–H groups in total. The van der Waals surface area contributed by atoms with Crippen LogP contribution in [0.4, 0.5) is 0 Å². The van der Waals surface area contributed by atoms with Gasteiger partial charge >= 0.3 is 0 Å².